The van der Waals surface area contributed by atoms with E-state index in [1.807, 2.05) is 24.3 Å². The molecule has 0 heterocycles. The Labute approximate surface area is 116 Å². The second-order valence-corrected chi connectivity index (χ2v) is 5.33. The maximum Gasteiger partial charge on any atom is 0.0453 e. The Kier molecular flexibility index (Phi) is 7.33. The smallest absolute Gasteiger partial charge is 0.0453 e. The van der Waals surface area contributed by atoms with Crippen LogP contribution in [-0.2, 0) is 0 Å². The molecule has 0 radical (unpaired) electrons. The van der Waals surface area contributed by atoms with Crippen molar-refractivity contribution in [1.29, 1.82) is 0 Å². The maximum absolute atomic E-state index is 6.19. The lowest BCUT2D eigenvalue weighted by molar-refractivity contribution is 0.311. The lowest BCUT2D eigenvalue weighted by Crippen LogP contribution is -2.24. The predicted octanol–water partition coefficient (Wildman–Crippen LogP) is 3.85. The van der Waals surface area contributed by atoms with Gasteiger partial charge in [-0.3, -0.25) is 0 Å². The van der Waals surface area contributed by atoms with Crippen LogP contribution in [0.3, 0.4) is 0 Å². The Morgan fingerprint density at radius 3 is 2.61 bits per heavy atom. The van der Waals surface area contributed by atoms with Gasteiger partial charge in [0.1, 0.15) is 0 Å². The molecule has 1 rings (SSSR count). The Morgan fingerprint density at radius 1 is 1.22 bits per heavy atom. The Morgan fingerprint density at radius 2 is 1.94 bits per heavy atom. The summed E-state index contributed by atoms with van der Waals surface area (Å²) in [5, 5.41) is 0.777. The fourth-order valence-electron chi connectivity index (χ4n) is 2.03. The summed E-state index contributed by atoms with van der Waals surface area (Å²) >= 11 is 6.14. The molecule has 0 aliphatic heterocycles. The van der Waals surface area contributed by atoms with Crippen molar-refractivity contribution in [2.45, 2.75) is 38.6 Å². The molecule has 2 nitrogen and oxygen atoms in total. The van der Waals surface area contributed by atoms with E-state index in [1.54, 1.807) is 0 Å². The molecule has 0 aromatic heterocycles. The monoisotopic (exact) mass is 268 g/mol. The highest BCUT2D eigenvalue weighted by Crippen LogP contribution is 2.23. The van der Waals surface area contributed by atoms with Crippen LogP contribution < -0.4 is 5.73 Å². The standard InChI is InChI=1S/C15H25ClN2/c1-3-4-7-11-18(2)12-10-15(17)13-8-5-6-9-14(13)16/h5-6,8-9,15H,3-4,7,10-12,17H2,1-2H3. The third kappa shape index (κ3) is 5.38. The number of rotatable bonds is 8. The Hall–Kier alpha value is -0.570. The molecule has 1 aromatic rings. The second kappa shape index (κ2) is 8.52. The van der Waals surface area contributed by atoms with Crippen molar-refractivity contribution >= 4 is 11.6 Å². The van der Waals surface area contributed by atoms with Gasteiger partial charge in [-0.1, -0.05) is 49.6 Å². The number of nitrogens with two attached hydrogens (primary N) is 1. The summed E-state index contributed by atoms with van der Waals surface area (Å²) in [4.78, 5) is 2.35. The molecule has 0 saturated heterocycles. The summed E-state index contributed by atoms with van der Waals surface area (Å²) in [7, 11) is 2.16. The molecule has 102 valence electrons. The van der Waals surface area contributed by atoms with E-state index in [0.29, 0.717) is 0 Å². The number of nitrogens with zero attached hydrogens (tertiary/aromatic N) is 1. The van der Waals surface area contributed by atoms with E-state index < -0.39 is 0 Å². The first-order chi connectivity index (χ1) is 8.65. The molecule has 2 N–H and O–H groups in total. The molecular formula is C15H25ClN2. The molecule has 1 atom stereocenters. The highest BCUT2D eigenvalue weighted by atomic mass is 35.5. The van der Waals surface area contributed by atoms with Gasteiger partial charge >= 0.3 is 0 Å². The first-order valence-corrected chi connectivity index (χ1v) is 7.21. The number of unbranched alkanes of at least 4 members (excludes halogenated alkanes) is 2. The SMILES string of the molecule is CCCCCN(C)CCC(N)c1ccccc1Cl. The van der Waals surface area contributed by atoms with Crippen molar-refractivity contribution in [2.24, 2.45) is 5.73 Å². The van der Waals surface area contributed by atoms with Crippen LogP contribution in [0.15, 0.2) is 24.3 Å². The average Bonchev–Trinajstić information content (AvgIpc) is 2.37. The quantitative estimate of drug-likeness (QED) is 0.726. The van der Waals surface area contributed by atoms with Gasteiger partial charge in [0.05, 0.1) is 0 Å². The van der Waals surface area contributed by atoms with Crippen molar-refractivity contribution in [2.75, 3.05) is 20.1 Å². The average molecular weight is 269 g/mol. The lowest BCUT2D eigenvalue weighted by Gasteiger charge is -2.20. The first kappa shape index (κ1) is 15.5. The van der Waals surface area contributed by atoms with Crippen molar-refractivity contribution in [3.05, 3.63) is 34.9 Å². The van der Waals surface area contributed by atoms with Gasteiger partial charge in [-0.15, -0.1) is 0 Å². The molecule has 1 unspecified atom stereocenters. The van der Waals surface area contributed by atoms with E-state index in [-0.39, 0.29) is 6.04 Å². The van der Waals surface area contributed by atoms with E-state index in [4.69, 9.17) is 17.3 Å². The van der Waals surface area contributed by atoms with Crippen LogP contribution in [0, 0.1) is 0 Å². The van der Waals surface area contributed by atoms with Gasteiger partial charge in [-0.2, -0.15) is 0 Å². The predicted molar refractivity (Wildman–Crippen MR) is 80.0 cm³/mol. The van der Waals surface area contributed by atoms with Crippen molar-refractivity contribution in [1.82, 2.24) is 4.90 Å². The molecule has 0 saturated carbocycles. The molecule has 0 bridgehead atoms. The molecule has 0 amide bonds. The normalized spacial score (nSPS) is 12.9. The maximum atomic E-state index is 6.19. The largest absolute Gasteiger partial charge is 0.324 e. The van der Waals surface area contributed by atoms with E-state index in [2.05, 4.69) is 18.9 Å². The summed E-state index contributed by atoms with van der Waals surface area (Å²) in [6, 6.07) is 7.89. The number of hydrogen-bond donors (Lipinski definition) is 1. The van der Waals surface area contributed by atoms with Crippen LogP contribution in [0.5, 0.6) is 0 Å². The highest BCUT2D eigenvalue weighted by molar-refractivity contribution is 6.31. The molecule has 0 aliphatic rings. The minimum Gasteiger partial charge on any atom is -0.324 e. The van der Waals surface area contributed by atoms with E-state index in [1.165, 1.54) is 19.3 Å². The molecule has 1 aromatic carbocycles. The minimum atomic E-state index is 0.0346. The second-order valence-electron chi connectivity index (χ2n) is 4.93. The van der Waals surface area contributed by atoms with Gasteiger partial charge in [0, 0.05) is 11.1 Å². The fraction of sp³-hybridized carbons (Fsp3) is 0.600. The highest BCUT2D eigenvalue weighted by Gasteiger charge is 2.10. The zero-order valence-corrected chi connectivity index (χ0v) is 12.3. The minimum absolute atomic E-state index is 0.0346. The first-order valence-electron chi connectivity index (χ1n) is 6.83. The van der Waals surface area contributed by atoms with Gasteiger partial charge in [-0.05, 0) is 44.6 Å². The fourth-order valence-corrected chi connectivity index (χ4v) is 2.31. The zero-order valence-electron chi connectivity index (χ0n) is 11.5. The summed E-state index contributed by atoms with van der Waals surface area (Å²) in [5.74, 6) is 0. The molecular weight excluding hydrogens is 244 g/mol. The van der Waals surface area contributed by atoms with Crippen LogP contribution >= 0.6 is 11.6 Å². The van der Waals surface area contributed by atoms with E-state index in [9.17, 15) is 0 Å². The Bertz CT molecular complexity index is 341. The summed E-state index contributed by atoms with van der Waals surface area (Å²) in [6.07, 6.45) is 4.80. The Balaban J connectivity index is 2.32. The summed E-state index contributed by atoms with van der Waals surface area (Å²) in [5.41, 5.74) is 7.24. The molecule has 18 heavy (non-hydrogen) atoms. The zero-order chi connectivity index (χ0) is 13.4. The van der Waals surface area contributed by atoms with Crippen LogP contribution in [0.4, 0.5) is 0 Å². The molecule has 3 heteroatoms. The van der Waals surface area contributed by atoms with Crippen molar-refractivity contribution in [3.63, 3.8) is 0 Å². The number of hydrogen-bond acceptors (Lipinski definition) is 2. The molecule has 0 spiro atoms. The molecule has 0 aliphatic carbocycles. The van der Waals surface area contributed by atoms with Crippen molar-refractivity contribution in [3.8, 4) is 0 Å². The van der Waals surface area contributed by atoms with Gasteiger partial charge in [-0.25, -0.2) is 0 Å². The third-order valence-electron chi connectivity index (χ3n) is 3.27. The molecule has 0 fully saturated rings. The van der Waals surface area contributed by atoms with E-state index in [0.717, 1.165) is 30.1 Å². The van der Waals surface area contributed by atoms with Gasteiger partial charge in [0.15, 0.2) is 0 Å². The van der Waals surface area contributed by atoms with Crippen LogP contribution in [0.2, 0.25) is 5.02 Å². The topological polar surface area (TPSA) is 29.3 Å². The third-order valence-corrected chi connectivity index (χ3v) is 3.61. The van der Waals surface area contributed by atoms with Crippen LogP contribution in [0.25, 0.3) is 0 Å². The van der Waals surface area contributed by atoms with Gasteiger partial charge in [0.25, 0.3) is 0 Å². The van der Waals surface area contributed by atoms with Gasteiger partial charge in [0.2, 0.25) is 0 Å². The van der Waals surface area contributed by atoms with Crippen molar-refractivity contribution < 1.29 is 0 Å². The summed E-state index contributed by atoms with van der Waals surface area (Å²) in [6.45, 7) is 4.41. The van der Waals surface area contributed by atoms with Crippen LogP contribution in [-0.4, -0.2) is 25.0 Å². The number of halogens is 1. The van der Waals surface area contributed by atoms with Crippen LogP contribution in [0.1, 0.15) is 44.2 Å². The van der Waals surface area contributed by atoms with E-state index >= 15 is 0 Å². The number of benzene rings is 1. The van der Waals surface area contributed by atoms with Gasteiger partial charge < -0.3 is 10.6 Å². The lowest BCUT2D eigenvalue weighted by atomic mass is 10.0. The summed E-state index contributed by atoms with van der Waals surface area (Å²) < 4.78 is 0.